The molecule has 3 nitrogen and oxygen atoms in total. The number of halogens is 2. The highest BCUT2D eigenvalue weighted by Gasteiger charge is 2.15. The Balaban J connectivity index is 1.80. The molecule has 1 atom stereocenters. The summed E-state index contributed by atoms with van der Waals surface area (Å²) in [5.74, 6) is 2.43. The van der Waals surface area contributed by atoms with Crippen molar-refractivity contribution in [1.29, 1.82) is 0 Å². The molecule has 2 rings (SSSR count). The molecule has 1 saturated heterocycles. The third-order valence-corrected chi connectivity index (χ3v) is 4.36. The van der Waals surface area contributed by atoms with Crippen molar-refractivity contribution in [2.75, 3.05) is 18.1 Å². The van der Waals surface area contributed by atoms with Gasteiger partial charge in [0.15, 0.2) is 0 Å². The zero-order chi connectivity index (χ0) is 14.4. The van der Waals surface area contributed by atoms with Crippen LogP contribution in [0.3, 0.4) is 0 Å². The van der Waals surface area contributed by atoms with Crippen LogP contribution in [0, 0.1) is 0 Å². The zero-order valence-electron chi connectivity index (χ0n) is 11.1. The summed E-state index contributed by atoms with van der Waals surface area (Å²) >= 11 is 1.96. The van der Waals surface area contributed by atoms with Crippen molar-refractivity contribution < 1.29 is 18.6 Å². The Hall–Kier alpha value is -0.850. The lowest BCUT2D eigenvalue weighted by atomic mass is 10.1. The van der Waals surface area contributed by atoms with E-state index in [1.54, 1.807) is 12.1 Å². The number of aliphatic hydroxyl groups excluding tert-OH is 1. The Bertz CT molecular complexity index is 397. The fourth-order valence-electron chi connectivity index (χ4n) is 2.17. The monoisotopic (exact) mass is 303 g/mol. The molecule has 2 N–H and O–H groups in total. The number of nitrogens with one attached hydrogen (secondary N) is 1. The molecular weight excluding hydrogens is 284 g/mol. The van der Waals surface area contributed by atoms with Gasteiger partial charge in [-0.3, -0.25) is 0 Å². The van der Waals surface area contributed by atoms with Gasteiger partial charge in [0, 0.05) is 12.6 Å². The normalized spacial score (nSPS) is 18.2. The highest BCUT2D eigenvalue weighted by molar-refractivity contribution is 7.99. The minimum absolute atomic E-state index is 0.105. The van der Waals surface area contributed by atoms with Crippen molar-refractivity contribution in [2.45, 2.75) is 31.6 Å². The summed E-state index contributed by atoms with van der Waals surface area (Å²) in [5.41, 5.74) is 0.698. The molecule has 1 aliphatic rings. The van der Waals surface area contributed by atoms with E-state index in [0.29, 0.717) is 18.2 Å². The van der Waals surface area contributed by atoms with E-state index in [-0.39, 0.29) is 5.75 Å². The van der Waals surface area contributed by atoms with E-state index < -0.39 is 12.7 Å². The molecule has 6 heteroatoms. The van der Waals surface area contributed by atoms with E-state index in [4.69, 9.17) is 0 Å². The number of hydrogen-bond donors (Lipinski definition) is 2. The second kappa shape index (κ2) is 7.81. The van der Waals surface area contributed by atoms with Crippen molar-refractivity contribution in [2.24, 2.45) is 0 Å². The van der Waals surface area contributed by atoms with Crippen LogP contribution in [0.15, 0.2) is 24.3 Å². The summed E-state index contributed by atoms with van der Waals surface area (Å²) in [6, 6.07) is 6.58. The molecule has 1 fully saturated rings. The number of aliphatic hydroxyl groups is 1. The van der Waals surface area contributed by atoms with Gasteiger partial charge in [0.05, 0.1) is 6.10 Å². The number of rotatable bonds is 6. The first-order valence-electron chi connectivity index (χ1n) is 6.69. The molecule has 0 bridgehead atoms. The average molecular weight is 303 g/mol. The molecule has 1 aliphatic heterocycles. The maximum atomic E-state index is 12.0. The van der Waals surface area contributed by atoms with Crippen LogP contribution < -0.4 is 10.1 Å². The van der Waals surface area contributed by atoms with E-state index in [0.717, 1.165) is 24.3 Å². The highest BCUT2D eigenvalue weighted by atomic mass is 32.2. The quantitative estimate of drug-likeness (QED) is 0.848. The molecule has 1 aromatic carbocycles. The van der Waals surface area contributed by atoms with Crippen LogP contribution in [0.2, 0.25) is 0 Å². The van der Waals surface area contributed by atoms with Crippen LogP contribution >= 0.6 is 11.8 Å². The zero-order valence-corrected chi connectivity index (χ0v) is 11.9. The van der Waals surface area contributed by atoms with Crippen LogP contribution in [0.1, 0.15) is 24.5 Å². The van der Waals surface area contributed by atoms with Crippen LogP contribution in [0.4, 0.5) is 8.78 Å². The largest absolute Gasteiger partial charge is 0.435 e. The number of alkyl halides is 2. The Morgan fingerprint density at radius 2 is 1.90 bits per heavy atom. The van der Waals surface area contributed by atoms with E-state index in [1.165, 1.54) is 12.1 Å². The minimum Gasteiger partial charge on any atom is -0.435 e. The van der Waals surface area contributed by atoms with Crippen molar-refractivity contribution in [1.82, 2.24) is 5.32 Å². The predicted octanol–water partition coefficient (Wildman–Crippen LogP) is 2.81. The van der Waals surface area contributed by atoms with Crippen LogP contribution in [-0.4, -0.2) is 35.8 Å². The number of benzene rings is 1. The first-order valence-corrected chi connectivity index (χ1v) is 7.84. The van der Waals surface area contributed by atoms with Crippen molar-refractivity contribution >= 4 is 11.8 Å². The van der Waals surface area contributed by atoms with Gasteiger partial charge in [-0.2, -0.15) is 20.5 Å². The summed E-state index contributed by atoms with van der Waals surface area (Å²) in [6.45, 7) is -2.35. The fourth-order valence-corrected chi connectivity index (χ4v) is 3.28. The van der Waals surface area contributed by atoms with Crippen molar-refractivity contribution in [3.05, 3.63) is 29.8 Å². The second-order valence-corrected chi connectivity index (χ2v) is 5.98. The first kappa shape index (κ1) is 15.5. The number of ether oxygens (including phenoxy) is 1. The van der Waals surface area contributed by atoms with Crippen LogP contribution in [-0.2, 0) is 0 Å². The van der Waals surface area contributed by atoms with Gasteiger partial charge < -0.3 is 15.2 Å². The third kappa shape index (κ3) is 4.92. The Kier molecular flexibility index (Phi) is 6.06. The summed E-state index contributed by atoms with van der Waals surface area (Å²) in [4.78, 5) is 0. The molecule has 0 aliphatic carbocycles. The minimum atomic E-state index is -2.82. The van der Waals surface area contributed by atoms with Gasteiger partial charge in [-0.15, -0.1) is 0 Å². The Morgan fingerprint density at radius 3 is 2.50 bits per heavy atom. The molecular formula is C14H19F2NO2S. The fraction of sp³-hybridized carbons (Fsp3) is 0.571. The topological polar surface area (TPSA) is 41.5 Å². The molecule has 0 spiro atoms. The van der Waals surface area contributed by atoms with E-state index in [9.17, 15) is 13.9 Å². The van der Waals surface area contributed by atoms with Gasteiger partial charge in [0.2, 0.25) is 0 Å². The molecule has 20 heavy (non-hydrogen) atoms. The van der Waals surface area contributed by atoms with Gasteiger partial charge in [-0.25, -0.2) is 0 Å². The molecule has 0 aromatic heterocycles. The summed E-state index contributed by atoms with van der Waals surface area (Å²) < 4.78 is 28.3. The molecule has 112 valence electrons. The van der Waals surface area contributed by atoms with Gasteiger partial charge in [-0.1, -0.05) is 12.1 Å². The highest BCUT2D eigenvalue weighted by Crippen LogP contribution is 2.20. The van der Waals surface area contributed by atoms with E-state index >= 15 is 0 Å². The van der Waals surface area contributed by atoms with E-state index in [1.807, 2.05) is 11.8 Å². The van der Waals surface area contributed by atoms with Gasteiger partial charge >= 0.3 is 6.61 Å². The lowest BCUT2D eigenvalue weighted by Gasteiger charge is -2.24. The molecule has 0 saturated carbocycles. The molecule has 1 aromatic rings. The number of thioether (sulfide) groups is 1. The summed E-state index contributed by atoms with van der Waals surface area (Å²) in [5, 5.41) is 13.4. The first-order chi connectivity index (χ1) is 9.65. The van der Waals surface area contributed by atoms with Crippen molar-refractivity contribution in [3.63, 3.8) is 0 Å². The van der Waals surface area contributed by atoms with Gasteiger partial charge in [0.25, 0.3) is 0 Å². The average Bonchev–Trinajstić information content (AvgIpc) is 2.46. The second-order valence-electron chi connectivity index (χ2n) is 4.76. The summed E-state index contributed by atoms with van der Waals surface area (Å²) in [7, 11) is 0. The predicted molar refractivity (Wildman–Crippen MR) is 76.4 cm³/mol. The molecule has 0 amide bonds. The Labute approximate surface area is 121 Å². The van der Waals surface area contributed by atoms with Crippen LogP contribution in [0.25, 0.3) is 0 Å². The third-order valence-electron chi connectivity index (χ3n) is 3.31. The van der Waals surface area contributed by atoms with Gasteiger partial charge in [0.1, 0.15) is 5.75 Å². The van der Waals surface area contributed by atoms with E-state index in [2.05, 4.69) is 10.1 Å². The van der Waals surface area contributed by atoms with Crippen molar-refractivity contribution in [3.8, 4) is 5.75 Å². The Morgan fingerprint density at radius 1 is 1.25 bits per heavy atom. The standard InChI is InChI=1S/C14H19F2NO2S/c15-14(16)19-12-3-1-10(2-4-12)13(18)9-17-11-5-7-20-8-6-11/h1-4,11,13-14,17-18H,5-9H2. The van der Waals surface area contributed by atoms with Gasteiger partial charge in [-0.05, 0) is 42.0 Å². The molecule has 1 unspecified atom stereocenters. The smallest absolute Gasteiger partial charge is 0.387 e. The summed E-state index contributed by atoms with van der Waals surface area (Å²) in [6.07, 6.45) is 1.61. The lowest BCUT2D eigenvalue weighted by Crippen LogP contribution is -2.35. The van der Waals surface area contributed by atoms with Crippen LogP contribution in [0.5, 0.6) is 5.75 Å². The SMILES string of the molecule is OC(CNC1CCSCC1)c1ccc(OC(F)F)cc1. The number of hydrogen-bond acceptors (Lipinski definition) is 4. The molecule has 1 heterocycles. The lowest BCUT2D eigenvalue weighted by molar-refractivity contribution is -0.0498. The maximum absolute atomic E-state index is 12.0. The molecule has 0 radical (unpaired) electrons. The maximum Gasteiger partial charge on any atom is 0.387 e.